The van der Waals surface area contributed by atoms with Gasteiger partial charge in [0.25, 0.3) is 0 Å². The monoisotopic (exact) mass is 604 g/mol. The third kappa shape index (κ3) is 6.96. The van der Waals surface area contributed by atoms with Crippen LogP contribution in [0.5, 0.6) is 0 Å². The molecule has 1 unspecified atom stereocenters. The highest BCUT2D eigenvalue weighted by molar-refractivity contribution is 6.30. The Balaban J connectivity index is 1.69. The Bertz CT molecular complexity index is 1140. The molecule has 3 amide bonds. The van der Waals surface area contributed by atoms with Crippen LogP contribution in [0.4, 0.5) is 4.39 Å². The molecular formula is C33H50ClFN4O3. The largest absolute Gasteiger partial charge is 0.347 e. The van der Waals surface area contributed by atoms with Crippen LogP contribution >= 0.6 is 11.6 Å². The molecule has 1 aromatic rings. The fraction of sp³-hybridized carbons (Fsp3) is 0.727. The number of alkyl halides is 1. The minimum absolute atomic E-state index is 0.000950. The molecule has 2 aliphatic heterocycles. The lowest BCUT2D eigenvalue weighted by Crippen LogP contribution is -2.53. The summed E-state index contributed by atoms with van der Waals surface area (Å²) in [6.07, 6.45) is 1.61. The maximum Gasteiger partial charge on any atom is 0.244 e. The molecule has 234 valence electrons. The Morgan fingerprint density at radius 2 is 1.48 bits per heavy atom. The van der Waals surface area contributed by atoms with E-state index < -0.39 is 17.6 Å². The molecular weight excluding hydrogens is 555 g/mol. The summed E-state index contributed by atoms with van der Waals surface area (Å²) in [4.78, 5) is 49.7. The van der Waals surface area contributed by atoms with Gasteiger partial charge in [-0.05, 0) is 70.6 Å². The Kier molecular flexibility index (Phi) is 9.68. The highest BCUT2D eigenvalue weighted by atomic mass is 35.5. The third-order valence-corrected chi connectivity index (χ3v) is 9.71. The van der Waals surface area contributed by atoms with Gasteiger partial charge in [0.1, 0.15) is 12.2 Å². The van der Waals surface area contributed by atoms with Crippen molar-refractivity contribution >= 4 is 29.3 Å². The molecule has 2 saturated heterocycles. The van der Waals surface area contributed by atoms with Gasteiger partial charge < -0.3 is 14.7 Å². The standard InChI is InChI=1S/C33H50ClFN4O3/c1-32(2,3)31(42)39(24-15-13-23(35)14-16-24)25-17-28(30(41)36(7)8)38(18-25)29(40)27-20-37(33(4,5)6)19-26(27)21-9-11-22(34)12-10-21/h9-12,23-28H,13-20H2,1-8H3/t23?,24?,25-,26+,27?,28-/m0/s1. The molecule has 2 heterocycles. The molecule has 4 rings (SSSR count). The summed E-state index contributed by atoms with van der Waals surface area (Å²) < 4.78 is 14.1. The second kappa shape index (κ2) is 12.4. The van der Waals surface area contributed by atoms with Gasteiger partial charge in [-0.15, -0.1) is 0 Å². The zero-order valence-corrected chi connectivity index (χ0v) is 27.5. The Morgan fingerprint density at radius 3 is 2.00 bits per heavy atom. The number of nitrogens with zero attached hydrogens (tertiary/aromatic N) is 4. The van der Waals surface area contributed by atoms with E-state index in [9.17, 15) is 18.8 Å². The topological polar surface area (TPSA) is 64.2 Å². The molecule has 7 nitrogen and oxygen atoms in total. The molecule has 3 fully saturated rings. The van der Waals surface area contributed by atoms with Crippen LogP contribution in [0.15, 0.2) is 24.3 Å². The maximum atomic E-state index is 14.6. The summed E-state index contributed by atoms with van der Waals surface area (Å²) in [6, 6.07) is 6.68. The van der Waals surface area contributed by atoms with Crippen molar-refractivity contribution in [2.24, 2.45) is 11.3 Å². The number of likely N-dealkylation sites (tertiary alicyclic amines) is 2. The van der Waals surface area contributed by atoms with Gasteiger partial charge >= 0.3 is 0 Å². The van der Waals surface area contributed by atoms with E-state index in [4.69, 9.17) is 11.6 Å². The van der Waals surface area contributed by atoms with Crippen molar-refractivity contribution in [3.8, 4) is 0 Å². The van der Waals surface area contributed by atoms with Crippen molar-refractivity contribution in [1.82, 2.24) is 19.6 Å². The van der Waals surface area contributed by atoms with E-state index in [0.717, 1.165) is 12.1 Å². The van der Waals surface area contributed by atoms with Gasteiger partial charge in [-0.25, -0.2) is 4.39 Å². The van der Waals surface area contributed by atoms with Crippen molar-refractivity contribution in [3.05, 3.63) is 34.9 Å². The third-order valence-electron chi connectivity index (χ3n) is 9.46. The minimum Gasteiger partial charge on any atom is -0.347 e. The van der Waals surface area contributed by atoms with E-state index >= 15 is 0 Å². The molecule has 3 aliphatic rings. The van der Waals surface area contributed by atoms with Crippen LogP contribution in [0.1, 0.15) is 85.1 Å². The van der Waals surface area contributed by atoms with Gasteiger partial charge in [-0.1, -0.05) is 44.5 Å². The van der Waals surface area contributed by atoms with Crippen LogP contribution in [-0.4, -0.2) is 101 Å². The van der Waals surface area contributed by atoms with Crippen molar-refractivity contribution in [2.45, 2.75) is 109 Å². The van der Waals surface area contributed by atoms with Crippen LogP contribution in [0.25, 0.3) is 0 Å². The molecule has 1 aliphatic carbocycles. The fourth-order valence-corrected chi connectivity index (χ4v) is 7.11. The van der Waals surface area contributed by atoms with Crippen LogP contribution in [-0.2, 0) is 14.4 Å². The first-order valence-corrected chi connectivity index (χ1v) is 15.9. The maximum absolute atomic E-state index is 14.6. The first-order valence-electron chi connectivity index (χ1n) is 15.5. The van der Waals surface area contributed by atoms with Gasteiger partial charge in [0, 0.05) is 61.7 Å². The number of halogens is 2. The van der Waals surface area contributed by atoms with Crippen molar-refractivity contribution in [2.75, 3.05) is 33.7 Å². The number of rotatable bonds is 5. The van der Waals surface area contributed by atoms with E-state index in [1.807, 2.05) is 49.9 Å². The SMILES string of the molecule is CN(C)C(=O)[C@@H]1C[C@H](N(C(=O)C(C)(C)C)C2CCC(F)CC2)CN1C(=O)C1CN(C(C)(C)C)C[C@@H]1c1ccc(Cl)cc1. The molecule has 0 spiro atoms. The zero-order chi connectivity index (χ0) is 31.1. The normalized spacial score (nSPS) is 29.0. The van der Waals surface area contributed by atoms with Crippen molar-refractivity contribution < 1.29 is 18.8 Å². The molecule has 1 saturated carbocycles. The van der Waals surface area contributed by atoms with Gasteiger partial charge in [-0.2, -0.15) is 0 Å². The quantitative estimate of drug-likeness (QED) is 0.454. The lowest BCUT2D eigenvalue weighted by atomic mass is 9.87. The number of hydrogen-bond donors (Lipinski definition) is 0. The van der Waals surface area contributed by atoms with Crippen LogP contribution in [0.2, 0.25) is 5.02 Å². The van der Waals surface area contributed by atoms with E-state index in [1.54, 1.807) is 23.9 Å². The molecule has 9 heteroatoms. The van der Waals surface area contributed by atoms with E-state index in [1.165, 1.54) is 0 Å². The van der Waals surface area contributed by atoms with Crippen molar-refractivity contribution in [1.29, 1.82) is 0 Å². The van der Waals surface area contributed by atoms with E-state index in [0.29, 0.717) is 50.2 Å². The summed E-state index contributed by atoms with van der Waals surface area (Å²) in [5.41, 5.74) is 0.295. The van der Waals surface area contributed by atoms with Crippen molar-refractivity contribution in [3.63, 3.8) is 0 Å². The number of hydrogen-bond acceptors (Lipinski definition) is 4. The second-order valence-corrected chi connectivity index (χ2v) is 15.3. The molecule has 0 aromatic heterocycles. The van der Waals surface area contributed by atoms with Gasteiger partial charge in [0.2, 0.25) is 17.7 Å². The Morgan fingerprint density at radius 1 is 0.881 bits per heavy atom. The lowest BCUT2D eigenvalue weighted by molar-refractivity contribution is -0.147. The highest BCUT2D eigenvalue weighted by Gasteiger charge is 2.51. The average Bonchev–Trinajstić information content (AvgIpc) is 3.55. The predicted molar refractivity (Wildman–Crippen MR) is 165 cm³/mol. The second-order valence-electron chi connectivity index (χ2n) is 14.8. The fourth-order valence-electron chi connectivity index (χ4n) is 6.98. The van der Waals surface area contributed by atoms with E-state index in [-0.39, 0.29) is 47.2 Å². The number of carbonyl (C=O) groups excluding carboxylic acids is 3. The first-order chi connectivity index (χ1) is 19.5. The lowest BCUT2D eigenvalue weighted by Gasteiger charge is -2.42. The number of amides is 3. The molecule has 0 N–H and O–H groups in total. The first kappa shape index (κ1) is 32.7. The molecule has 42 heavy (non-hydrogen) atoms. The predicted octanol–water partition coefficient (Wildman–Crippen LogP) is 5.37. The average molecular weight is 605 g/mol. The number of carbonyl (C=O) groups is 3. The Labute approximate surface area is 256 Å². The van der Waals surface area contributed by atoms with Crippen LogP contribution in [0.3, 0.4) is 0 Å². The summed E-state index contributed by atoms with van der Waals surface area (Å²) in [5, 5.41) is 0.650. The smallest absolute Gasteiger partial charge is 0.244 e. The van der Waals surface area contributed by atoms with E-state index in [2.05, 4.69) is 25.7 Å². The molecule has 0 bridgehead atoms. The summed E-state index contributed by atoms with van der Waals surface area (Å²) >= 11 is 6.20. The molecule has 1 aromatic carbocycles. The Hall–Kier alpha value is -2.19. The minimum atomic E-state index is -0.838. The number of likely N-dealkylation sites (N-methyl/N-ethyl adjacent to an activating group) is 1. The van der Waals surface area contributed by atoms with Gasteiger partial charge in [0.15, 0.2) is 0 Å². The summed E-state index contributed by atoms with van der Waals surface area (Å²) in [7, 11) is 3.43. The van der Waals surface area contributed by atoms with Gasteiger partial charge in [0.05, 0.1) is 12.0 Å². The van der Waals surface area contributed by atoms with Crippen LogP contribution < -0.4 is 0 Å². The molecule has 4 atom stereocenters. The highest BCUT2D eigenvalue weighted by Crippen LogP contribution is 2.40. The summed E-state index contributed by atoms with van der Waals surface area (Å²) in [5.74, 6) is -0.556. The molecule has 0 radical (unpaired) electrons. The zero-order valence-electron chi connectivity index (χ0n) is 26.7. The van der Waals surface area contributed by atoms with Gasteiger partial charge in [-0.3, -0.25) is 19.3 Å². The van der Waals surface area contributed by atoms with Crippen LogP contribution in [0, 0.1) is 11.3 Å². The summed E-state index contributed by atoms with van der Waals surface area (Å²) in [6.45, 7) is 13.8. The number of benzene rings is 1.